The van der Waals surface area contributed by atoms with E-state index in [1.807, 2.05) is 36.4 Å². The lowest BCUT2D eigenvalue weighted by Crippen LogP contribution is -2.16. The van der Waals surface area contributed by atoms with Crippen molar-refractivity contribution in [1.29, 1.82) is 5.26 Å². The largest absolute Gasteiger partial charge is 0.321 e. The van der Waals surface area contributed by atoms with E-state index in [1.54, 1.807) is 25.4 Å². The van der Waals surface area contributed by atoms with Crippen molar-refractivity contribution in [2.45, 2.75) is 13.5 Å². The van der Waals surface area contributed by atoms with Crippen LogP contribution in [-0.2, 0) is 6.54 Å². The monoisotopic (exact) mass is 353 g/mol. The molecule has 130 valence electrons. The second-order valence-corrected chi connectivity index (χ2v) is 6.23. The molecule has 0 radical (unpaired) electrons. The van der Waals surface area contributed by atoms with Crippen molar-refractivity contribution in [2.75, 3.05) is 5.32 Å². The van der Waals surface area contributed by atoms with Crippen LogP contribution in [0.5, 0.6) is 0 Å². The first-order valence-electron chi connectivity index (χ1n) is 8.42. The molecule has 4 rings (SSSR count). The van der Waals surface area contributed by atoms with E-state index < -0.39 is 0 Å². The summed E-state index contributed by atoms with van der Waals surface area (Å²) in [5.74, 6) is -0.310. The summed E-state index contributed by atoms with van der Waals surface area (Å²) in [5.41, 5.74) is 5.98. The lowest BCUT2D eigenvalue weighted by molar-refractivity contribution is 0.102. The minimum absolute atomic E-state index is 0.302. The second kappa shape index (κ2) is 6.81. The normalized spacial score (nSPS) is 12.1. The van der Waals surface area contributed by atoms with E-state index in [1.165, 1.54) is 6.20 Å². The Morgan fingerprint density at radius 1 is 1.22 bits per heavy atom. The first-order chi connectivity index (χ1) is 13.2. The number of anilines is 1. The smallest absolute Gasteiger partial charge is 0.274 e. The molecular formula is C21H15N5O. The topological polar surface area (TPSA) is 91.0 Å². The van der Waals surface area contributed by atoms with Crippen LogP contribution >= 0.6 is 0 Å². The highest BCUT2D eigenvalue weighted by atomic mass is 16.1. The third kappa shape index (κ3) is 3.18. The van der Waals surface area contributed by atoms with E-state index in [-0.39, 0.29) is 5.91 Å². The second-order valence-electron chi connectivity index (χ2n) is 6.23. The molecule has 1 aliphatic rings. The highest BCUT2D eigenvalue weighted by Gasteiger charge is 2.19. The summed E-state index contributed by atoms with van der Waals surface area (Å²) in [6.45, 7) is 2.38. The minimum atomic E-state index is -0.310. The fourth-order valence-corrected chi connectivity index (χ4v) is 3.08. The first kappa shape index (κ1) is 16.6. The maximum absolute atomic E-state index is 12.6. The van der Waals surface area contributed by atoms with E-state index in [0.29, 0.717) is 29.1 Å². The Hall–Kier alpha value is -3.85. The molecule has 1 amide bonds. The van der Waals surface area contributed by atoms with E-state index in [0.717, 1.165) is 22.4 Å². The Labute approximate surface area is 156 Å². The first-order valence-corrected chi connectivity index (χ1v) is 8.42. The van der Waals surface area contributed by atoms with Crippen LogP contribution in [0.15, 0.2) is 60.0 Å². The van der Waals surface area contributed by atoms with Crippen molar-refractivity contribution >= 4 is 17.3 Å². The number of carbonyl (C=O) groups is 1. The molecule has 0 aliphatic carbocycles. The Morgan fingerprint density at radius 2 is 2.11 bits per heavy atom. The van der Waals surface area contributed by atoms with Gasteiger partial charge in [0.05, 0.1) is 17.8 Å². The zero-order chi connectivity index (χ0) is 18.8. The van der Waals surface area contributed by atoms with E-state index in [2.05, 4.69) is 20.3 Å². The number of hydrogen-bond donors (Lipinski definition) is 1. The van der Waals surface area contributed by atoms with Gasteiger partial charge in [-0.3, -0.25) is 14.8 Å². The van der Waals surface area contributed by atoms with E-state index >= 15 is 0 Å². The highest BCUT2D eigenvalue weighted by Crippen LogP contribution is 2.26. The third-order valence-corrected chi connectivity index (χ3v) is 4.39. The number of aryl methyl sites for hydroxylation is 1. The van der Waals surface area contributed by atoms with Crippen LogP contribution in [-0.4, -0.2) is 21.6 Å². The molecule has 2 aromatic heterocycles. The SMILES string of the molecule is Cc1cc(C#N)cnc1C(=O)Nc1ccc2c(c1)C(c1cccnc1)=NC2. The number of nitriles is 1. The van der Waals surface area contributed by atoms with Gasteiger partial charge in [0.2, 0.25) is 0 Å². The number of benzene rings is 1. The lowest BCUT2D eigenvalue weighted by Gasteiger charge is -2.10. The van der Waals surface area contributed by atoms with Crippen molar-refractivity contribution in [3.8, 4) is 6.07 Å². The summed E-state index contributed by atoms with van der Waals surface area (Å²) in [6, 6.07) is 13.3. The summed E-state index contributed by atoms with van der Waals surface area (Å²) in [4.78, 5) is 25.5. The van der Waals surface area contributed by atoms with Gasteiger partial charge < -0.3 is 5.32 Å². The van der Waals surface area contributed by atoms with Crippen LogP contribution in [0.4, 0.5) is 5.69 Å². The van der Waals surface area contributed by atoms with Crippen LogP contribution in [0.3, 0.4) is 0 Å². The number of carbonyl (C=O) groups excluding carboxylic acids is 1. The lowest BCUT2D eigenvalue weighted by atomic mass is 10.0. The fourth-order valence-electron chi connectivity index (χ4n) is 3.08. The molecule has 0 atom stereocenters. The Bertz CT molecular complexity index is 1110. The molecule has 0 spiro atoms. The van der Waals surface area contributed by atoms with E-state index in [9.17, 15) is 4.79 Å². The van der Waals surface area contributed by atoms with Crippen molar-refractivity contribution < 1.29 is 4.79 Å². The molecule has 1 aliphatic heterocycles. The number of aliphatic imine (C=N–C) groups is 1. The average Bonchev–Trinajstić information content (AvgIpc) is 3.11. The van der Waals surface area contributed by atoms with Gasteiger partial charge in [-0.2, -0.15) is 5.26 Å². The van der Waals surface area contributed by atoms with Crippen LogP contribution in [0.25, 0.3) is 0 Å². The van der Waals surface area contributed by atoms with Gasteiger partial charge in [0.25, 0.3) is 5.91 Å². The Kier molecular flexibility index (Phi) is 4.19. The summed E-state index contributed by atoms with van der Waals surface area (Å²) in [5, 5.41) is 11.8. The van der Waals surface area contributed by atoms with Crippen molar-refractivity contribution in [3.63, 3.8) is 0 Å². The van der Waals surface area contributed by atoms with Gasteiger partial charge in [-0.15, -0.1) is 0 Å². The standard InChI is InChI=1S/C21H15N5O/c1-13-7-14(9-22)10-24-19(13)21(27)26-17-5-4-15-12-25-20(18(15)8-17)16-3-2-6-23-11-16/h2-8,10-11H,12H2,1H3,(H,26,27). The Balaban J connectivity index is 1.61. The number of pyridine rings is 2. The number of nitrogens with zero attached hydrogens (tertiary/aromatic N) is 4. The predicted molar refractivity (Wildman–Crippen MR) is 102 cm³/mol. The molecule has 6 nitrogen and oxygen atoms in total. The van der Waals surface area contributed by atoms with Crippen molar-refractivity contribution in [3.05, 3.63) is 88.5 Å². The molecule has 0 bridgehead atoms. The van der Waals surface area contributed by atoms with Crippen molar-refractivity contribution in [1.82, 2.24) is 9.97 Å². The molecule has 0 fully saturated rings. The number of fused-ring (bicyclic) bond motifs is 1. The highest BCUT2D eigenvalue weighted by molar-refractivity contribution is 6.15. The van der Waals surface area contributed by atoms with Gasteiger partial charge in [-0.05, 0) is 48.4 Å². The molecule has 1 aromatic carbocycles. The van der Waals surface area contributed by atoms with Gasteiger partial charge in [-0.1, -0.05) is 6.07 Å². The number of amides is 1. The molecule has 1 N–H and O–H groups in total. The molecule has 27 heavy (non-hydrogen) atoms. The minimum Gasteiger partial charge on any atom is -0.321 e. The quantitative estimate of drug-likeness (QED) is 0.782. The summed E-state index contributed by atoms with van der Waals surface area (Å²) in [6.07, 6.45) is 4.91. The third-order valence-electron chi connectivity index (χ3n) is 4.39. The number of hydrogen-bond acceptors (Lipinski definition) is 5. The fraction of sp³-hybridized carbons (Fsp3) is 0.0952. The van der Waals surface area contributed by atoms with Gasteiger partial charge in [-0.25, -0.2) is 4.98 Å². The Morgan fingerprint density at radius 3 is 2.85 bits per heavy atom. The summed E-state index contributed by atoms with van der Waals surface area (Å²) < 4.78 is 0. The zero-order valence-corrected chi connectivity index (χ0v) is 14.6. The van der Waals surface area contributed by atoms with Crippen molar-refractivity contribution in [2.24, 2.45) is 4.99 Å². The molecular weight excluding hydrogens is 338 g/mol. The molecule has 3 heterocycles. The molecule has 0 saturated heterocycles. The van der Waals surface area contributed by atoms with Gasteiger partial charge >= 0.3 is 0 Å². The predicted octanol–water partition coefficient (Wildman–Crippen LogP) is 3.26. The number of rotatable bonds is 3. The average molecular weight is 353 g/mol. The van der Waals surface area contributed by atoms with Gasteiger partial charge in [0.1, 0.15) is 11.8 Å². The summed E-state index contributed by atoms with van der Waals surface area (Å²) >= 11 is 0. The van der Waals surface area contributed by atoms with Crippen LogP contribution in [0, 0.1) is 18.3 Å². The maximum atomic E-state index is 12.6. The van der Waals surface area contributed by atoms with Gasteiger partial charge in [0, 0.05) is 35.4 Å². The number of nitrogens with one attached hydrogen (secondary N) is 1. The van der Waals surface area contributed by atoms with Crippen LogP contribution in [0.1, 0.15) is 38.3 Å². The molecule has 0 unspecified atom stereocenters. The molecule has 6 heteroatoms. The maximum Gasteiger partial charge on any atom is 0.274 e. The van der Waals surface area contributed by atoms with Crippen LogP contribution in [0.2, 0.25) is 0 Å². The van der Waals surface area contributed by atoms with Gasteiger partial charge in [0.15, 0.2) is 0 Å². The molecule has 3 aromatic rings. The molecule has 0 saturated carbocycles. The number of aromatic nitrogens is 2. The summed E-state index contributed by atoms with van der Waals surface area (Å²) in [7, 11) is 0. The zero-order valence-electron chi connectivity index (χ0n) is 14.6. The van der Waals surface area contributed by atoms with Crippen LogP contribution < -0.4 is 5.32 Å². The van der Waals surface area contributed by atoms with E-state index in [4.69, 9.17) is 5.26 Å².